The lowest BCUT2D eigenvalue weighted by Crippen LogP contribution is -2.13. The van der Waals surface area contributed by atoms with Crippen LogP contribution in [0.4, 0.5) is 5.69 Å². The van der Waals surface area contributed by atoms with Crippen LogP contribution in [0.3, 0.4) is 0 Å². The Morgan fingerprint density at radius 2 is 2.25 bits per heavy atom. The molecule has 3 heteroatoms. The summed E-state index contributed by atoms with van der Waals surface area (Å²) in [4.78, 5) is 11.6. The minimum Gasteiger partial charge on any atom is -0.494 e. The van der Waals surface area contributed by atoms with Crippen molar-refractivity contribution in [2.24, 2.45) is 5.92 Å². The van der Waals surface area contributed by atoms with Crippen molar-refractivity contribution in [2.45, 2.75) is 26.7 Å². The predicted molar refractivity (Wildman–Crippen MR) is 63.7 cm³/mol. The molecule has 0 radical (unpaired) electrons. The molecule has 1 aliphatic rings. The smallest absolute Gasteiger partial charge is 0.227 e. The number of hydrogen-bond acceptors (Lipinski definition) is 2. The summed E-state index contributed by atoms with van der Waals surface area (Å²) in [6, 6.07) is 5.74. The third-order valence-corrected chi connectivity index (χ3v) is 2.69. The van der Waals surface area contributed by atoms with Crippen LogP contribution in [0.15, 0.2) is 18.2 Å². The van der Waals surface area contributed by atoms with Gasteiger partial charge in [-0.3, -0.25) is 4.79 Å². The normalized spacial score (nSPS) is 14.6. The van der Waals surface area contributed by atoms with Crippen LogP contribution in [0.1, 0.15) is 25.3 Å². The molecule has 2 rings (SSSR count). The maximum Gasteiger partial charge on any atom is 0.227 e. The van der Waals surface area contributed by atoms with Gasteiger partial charge >= 0.3 is 0 Å². The van der Waals surface area contributed by atoms with Gasteiger partial charge in [-0.2, -0.15) is 0 Å². The molecule has 1 N–H and O–H groups in total. The van der Waals surface area contributed by atoms with Crippen LogP contribution in [-0.2, 0) is 4.79 Å². The second kappa shape index (κ2) is 4.56. The topological polar surface area (TPSA) is 38.3 Å². The maximum atomic E-state index is 11.6. The number of anilines is 1. The highest BCUT2D eigenvalue weighted by Crippen LogP contribution is 2.30. The van der Waals surface area contributed by atoms with E-state index in [4.69, 9.17) is 4.74 Å². The molecule has 1 fully saturated rings. The number of benzene rings is 1. The molecule has 0 saturated heterocycles. The van der Waals surface area contributed by atoms with Crippen LogP contribution in [0.5, 0.6) is 5.75 Å². The van der Waals surface area contributed by atoms with Crippen molar-refractivity contribution in [1.82, 2.24) is 0 Å². The Labute approximate surface area is 95.8 Å². The minimum atomic E-state index is 0.142. The fourth-order valence-electron chi connectivity index (χ4n) is 1.63. The maximum absolute atomic E-state index is 11.6. The van der Waals surface area contributed by atoms with Crippen molar-refractivity contribution in [2.75, 3.05) is 11.9 Å². The van der Waals surface area contributed by atoms with E-state index in [1.807, 2.05) is 32.0 Å². The zero-order valence-electron chi connectivity index (χ0n) is 9.75. The van der Waals surface area contributed by atoms with Crippen molar-refractivity contribution >= 4 is 11.6 Å². The molecule has 16 heavy (non-hydrogen) atoms. The number of carbonyl (C=O) groups excluding carboxylic acids is 1. The molecule has 1 saturated carbocycles. The first-order valence-electron chi connectivity index (χ1n) is 5.75. The van der Waals surface area contributed by atoms with Crippen molar-refractivity contribution < 1.29 is 9.53 Å². The summed E-state index contributed by atoms with van der Waals surface area (Å²) in [5, 5.41) is 2.92. The molecule has 0 aliphatic heterocycles. The summed E-state index contributed by atoms with van der Waals surface area (Å²) in [5.74, 6) is 1.27. The van der Waals surface area contributed by atoms with Crippen molar-refractivity contribution in [3.8, 4) is 5.75 Å². The molecule has 1 aromatic rings. The second-order valence-electron chi connectivity index (χ2n) is 4.18. The third-order valence-electron chi connectivity index (χ3n) is 2.69. The monoisotopic (exact) mass is 219 g/mol. The molecule has 0 atom stereocenters. The Hall–Kier alpha value is -1.51. The minimum absolute atomic E-state index is 0.142. The summed E-state index contributed by atoms with van der Waals surface area (Å²) in [6.07, 6.45) is 2.06. The Morgan fingerprint density at radius 3 is 2.81 bits per heavy atom. The summed E-state index contributed by atoms with van der Waals surface area (Å²) in [7, 11) is 0. The predicted octanol–water partition coefficient (Wildman–Crippen LogP) is 2.74. The van der Waals surface area contributed by atoms with Crippen LogP contribution in [0.2, 0.25) is 0 Å². The number of rotatable bonds is 4. The van der Waals surface area contributed by atoms with E-state index >= 15 is 0 Å². The van der Waals surface area contributed by atoms with Gasteiger partial charge in [0.25, 0.3) is 0 Å². The molecule has 0 unspecified atom stereocenters. The molecule has 0 bridgehead atoms. The van der Waals surface area contributed by atoms with Crippen molar-refractivity contribution in [3.05, 3.63) is 23.8 Å². The van der Waals surface area contributed by atoms with Gasteiger partial charge in [-0.05, 0) is 50.5 Å². The summed E-state index contributed by atoms with van der Waals surface area (Å²) in [6.45, 7) is 4.61. The zero-order valence-corrected chi connectivity index (χ0v) is 9.75. The Kier molecular flexibility index (Phi) is 3.13. The molecule has 1 aliphatic carbocycles. The summed E-state index contributed by atoms with van der Waals surface area (Å²) >= 11 is 0. The van der Waals surface area contributed by atoms with Crippen LogP contribution in [-0.4, -0.2) is 12.5 Å². The van der Waals surface area contributed by atoms with Gasteiger partial charge in [0.2, 0.25) is 5.91 Å². The first kappa shape index (κ1) is 11.0. The van der Waals surface area contributed by atoms with E-state index in [0.29, 0.717) is 6.61 Å². The van der Waals surface area contributed by atoms with Crippen molar-refractivity contribution in [3.63, 3.8) is 0 Å². The highest BCUT2D eigenvalue weighted by atomic mass is 16.5. The van der Waals surface area contributed by atoms with E-state index in [-0.39, 0.29) is 11.8 Å². The van der Waals surface area contributed by atoms with Gasteiger partial charge in [0, 0.05) is 11.6 Å². The average molecular weight is 219 g/mol. The van der Waals surface area contributed by atoms with Gasteiger partial charge in [0.05, 0.1) is 6.61 Å². The largest absolute Gasteiger partial charge is 0.494 e. The lowest BCUT2D eigenvalue weighted by atomic mass is 10.2. The van der Waals surface area contributed by atoms with E-state index in [0.717, 1.165) is 29.8 Å². The summed E-state index contributed by atoms with van der Waals surface area (Å²) in [5.41, 5.74) is 1.91. The van der Waals surface area contributed by atoms with E-state index < -0.39 is 0 Å². The quantitative estimate of drug-likeness (QED) is 0.845. The number of nitrogens with one attached hydrogen (secondary N) is 1. The Balaban J connectivity index is 2.04. The molecule has 86 valence electrons. The lowest BCUT2D eigenvalue weighted by molar-refractivity contribution is -0.117. The molecular formula is C13H17NO2. The number of carbonyl (C=O) groups is 1. The van der Waals surface area contributed by atoms with E-state index in [1.54, 1.807) is 0 Å². The van der Waals surface area contributed by atoms with E-state index in [2.05, 4.69) is 5.32 Å². The van der Waals surface area contributed by atoms with Gasteiger partial charge < -0.3 is 10.1 Å². The standard InChI is InChI=1S/C13H17NO2/c1-3-16-12-7-6-11(8-9(12)2)14-13(15)10-4-5-10/h6-8,10H,3-5H2,1-2H3,(H,14,15). The fourth-order valence-corrected chi connectivity index (χ4v) is 1.63. The molecule has 1 aromatic carbocycles. The van der Waals surface area contributed by atoms with Crippen LogP contribution in [0.25, 0.3) is 0 Å². The van der Waals surface area contributed by atoms with Gasteiger partial charge in [0.15, 0.2) is 0 Å². The van der Waals surface area contributed by atoms with E-state index in [1.165, 1.54) is 0 Å². The van der Waals surface area contributed by atoms with E-state index in [9.17, 15) is 4.79 Å². The number of ether oxygens (including phenoxy) is 1. The van der Waals surface area contributed by atoms with Crippen LogP contribution in [0, 0.1) is 12.8 Å². The first-order chi connectivity index (χ1) is 7.70. The molecule has 3 nitrogen and oxygen atoms in total. The first-order valence-corrected chi connectivity index (χ1v) is 5.75. The SMILES string of the molecule is CCOc1ccc(NC(=O)C2CC2)cc1C. The lowest BCUT2D eigenvalue weighted by Gasteiger charge is -2.09. The molecule has 0 aromatic heterocycles. The number of hydrogen-bond donors (Lipinski definition) is 1. The fraction of sp³-hybridized carbons (Fsp3) is 0.462. The highest BCUT2D eigenvalue weighted by molar-refractivity contribution is 5.94. The second-order valence-corrected chi connectivity index (χ2v) is 4.18. The molecule has 0 spiro atoms. The summed E-state index contributed by atoms with van der Waals surface area (Å²) < 4.78 is 5.44. The van der Waals surface area contributed by atoms with Gasteiger partial charge in [-0.15, -0.1) is 0 Å². The molecule has 0 heterocycles. The zero-order chi connectivity index (χ0) is 11.5. The van der Waals surface area contributed by atoms with Gasteiger partial charge in [0.1, 0.15) is 5.75 Å². The Morgan fingerprint density at radius 1 is 1.50 bits per heavy atom. The van der Waals surface area contributed by atoms with Gasteiger partial charge in [-0.25, -0.2) is 0 Å². The molecular weight excluding hydrogens is 202 g/mol. The number of aryl methyl sites for hydroxylation is 1. The van der Waals surface area contributed by atoms with Crippen LogP contribution < -0.4 is 10.1 Å². The third kappa shape index (κ3) is 2.54. The van der Waals surface area contributed by atoms with Crippen molar-refractivity contribution in [1.29, 1.82) is 0 Å². The average Bonchev–Trinajstić information content (AvgIpc) is 3.05. The van der Waals surface area contributed by atoms with Crippen LogP contribution >= 0.6 is 0 Å². The van der Waals surface area contributed by atoms with Gasteiger partial charge in [-0.1, -0.05) is 0 Å². The highest BCUT2D eigenvalue weighted by Gasteiger charge is 2.29. The number of amides is 1. The molecule has 1 amide bonds. The Bertz CT molecular complexity index is 397.